The van der Waals surface area contributed by atoms with Gasteiger partial charge in [-0.05, 0) is 29.7 Å². The van der Waals surface area contributed by atoms with Crippen LogP contribution in [-0.2, 0) is 23.2 Å². The van der Waals surface area contributed by atoms with Gasteiger partial charge in [-0.1, -0.05) is 24.3 Å². The first kappa shape index (κ1) is 15.4. The van der Waals surface area contributed by atoms with E-state index in [4.69, 9.17) is 0 Å². The van der Waals surface area contributed by atoms with Gasteiger partial charge in [-0.3, -0.25) is 14.8 Å². The number of anilines is 1. The third-order valence-corrected chi connectivity index (χ3v) is 5.25. The van der Waals surface area contributed by atoms with Gasteiger partial charge >= 0.3 is 10.2 Å². The largest absolute Gasteiger partial charge is 0.301 e. The summed E-state index contributed by atoms with van der Waals surface area (Å²) in [6, 6.07) is 13.1. The molecule has 0 aliphatic carbocycles. The molecule has 0 saturated carbocycles. The Morgan fingerprint density at radius 1 is 1.04 bits per heavy atom. The maximum absolute atomic E-state index is 12.5. The Hall–Kier alpha value is -2.45. The van der Waals surface area contributed by atoms with E-state index in [1.165, 1.54) is 28.6 Å². The summed E-state index contributed by atoms with van der Waals surface area (Å²) in [5.74, 6) is 0. The van der Waals surface area contributed by atoms with Gasteiger partial charge in [0.25, 0.3) is 5.69 Å². The fourth-order valence-corrected chi connectivity index (χ4v) is 3.74. The first-order valence-electron chi connectivity index (χ1n) is 7.05. The van der Waals surface area contributed by atoms with Gasteiger partial charge in [0.1, 0.15) is 0 Å². The van der Waals surface area contributed by atoms with Gasteiger partial charge in [-0.2, -0.15) is 12.7 Å². The summed E-state index contributed by atoms with van der Waals surface area (Å²) in [7, 11) is -3.70. The van der Waals surface area contributed by atoms with Crippen LogP contribution in [0.15, 0.2) is 48.5 Å². The Labute approximate surface area is 133 Å². The van der Waals surface area contributed by atoms with E-state index in [0.29, 0.717) is 25.2 Å². The first-order chi connectivity index (χ1) is 11.0. The Morgan fingerprint density at radius 3 is 2.35 bits per heavy atom. The molecular weight excluding hydrogens is 318 g/mol. The zero-order valence-electron chi connectivity index (χ0n) is 12.2. The van der Waals surface area contributed by atoms with E-state index in [1.807, 2.05) is 24.3 Å². The fraction of sp³-hybridized carbons (Fsp3) is 0.200. The molecule has 1 aliphatic rings. The van der Waals surface area contributed by atoms with E-state index >= 15 is 0 Å². The summed E-state index contributed by atoms with van der Waals surface area (Å²) in [5.41, 5.74) is 2.37. The van der Waals surface area contributed by atoms with Crippen LogP contribution in [0.25, 0.3) is 0 Å². The van der Waals surface area contributed by atoms with Crippen molar-refractivity contribution in [3.63, 3.8) is 0 Å². The van der Waals surface area contributed by atoms with Crippen LogP contribution in [0, 0.1) is 10.1 Å². The Morgan fingerprint density at radius 2 is 1.70 bits per heavy atom. The Kier molecular flexibility index (Phi) is 4.01. The van der Waals surface area contributed by atoms with Crippen LogP contribution in [0.2, 0.25) is 0 Å². The van der Waals surface area contributed by atoms with E-state index in [1.54, 1.807) is 0 Å². The maximum atomic E-state index is 12.5. The maximum Gasteiger partial charge on any atom is 0.301 e. The number of non-ortho nitro benzene ring substituents is 1. The number of hydrogen-bond donors (Lipinski definition) is 1. The second-order valence-corrected chi connectivity index (χ2v) is 6.93. The molecule has 0 bridgehead atoms. The van der Waals surface area contributed by atoms with Crippen LogP contribution >= 0.6 is 0 Å². The summed E-state index contributed by atoms with van der Waals surface area (Å²) >= 11 is 0. The summed E-state index contributed by atoms with van der Waals surface area (Å²) < 4.78 is 28.8. The molecule has 23 heavy (non-hydrogen) atoms. The van der Waals surface area contributed by atoms with E-state index in [2.05, 4.69) is 4.72 Å². The first-order valence-corrected chi connectivity index (χ1v) is 8.49. The highest BCUT2D eigenvalue weighted by atomic mass is 32.2. The van der Waals surface area contributed by atoms with Crippen LogP contribution in [0.5, 0.6) is 0 Å². The molecule has 0 aromatic heterocycles. The van der Waals surface area contributed by atoms with Crippen molar-refractivity contribution < 1.29 is 13.3 Å². The van der Waals surface area contributed by atoms with E-state index in [0.717, 1.165) is 11.1 Å². The van der Waals surface area contributed by atoms with E-state index in [9.17, 15) is 18.5 Å². The number of nitro groups is 1. The molecule has 0 fully saturated rings. The lowest BCUT2D eigenvalue weighted by Gasteiger charge is -2.28. The number of rotatable bonds is 4. The lowest BCUT2D eigenvalue weighted by atomic mass is 10.0. The van der Waals surface area contributed by atoms with Crippen LogP contribution in [-0.4, -0.2) is 24.2 Å². The number of nitro benzene ring substituents is 1. The molecule has 1 aliphatic heterocycles. The molecule has 8 heteroatoms. The minimum Gasteiger partial charge on any atom is -0.271 e. The predicted octanol–water partition coefficient (Wildman–Crippen LogP) is 2.31. The molecule has 2 aromatic carbocycles. The van der Waals surface area contributed by atoms with Gasteiger partial charge < -0.3 is 0 Å². The molecule has 120 valence electrons. The van der Waals surface area contributed by atoms with Gasteiger partial charge in [0.2, 0.25) is 0 Å². The van der Waals surface area contributed by atoms with Crippen molar-refractivity contribution in [1.29, 1.82) is 0 Å². The molecule has 0 spiro atoms. The molecule has 1 N–H and O–H groups in total. The quantitative estimate of drug-likeness (QED) is 0.686. The number of nitrogens with one attached hydrogen (secondary N) is 1. The highest BCUT2D eigenvalue weighted by Crippen LogP contribution is 2.23. The van der Waals surface area contributed by atoms with Crippen molar-refractivity contribution in [2.24, 2.45) is 0 Å². The smallest absolute Gasteiger partial charge is 0.271 e. The zero-order valence-corrected chi connectivity index (χ0v) is 13.0. The monoisotopic (exact) mass is 333 g/mol. The van der Waals surface area contributed by atoms with E-state index < -0.39 is 15.1 Å². The number of fused-ring (bicyclic) bond motifs is 1. The molecule has 3 rings (SSSR count). The highest BCUT2D eigenvalue weighted by Gasteiger charge is 2.26. The zero-order chi connectivity index (χ0) is 16.4. The number of benzene rings is 2. The molecule has 0 amide bonds. The van der Waals surface area contributed by atoms with E-state index in [-0.39, 0.29) is 5.69 Å². The molecule has 0 radical (unpaired) electrons. The Balaban J connectivity index is 1.76. The van der Waals surface area contributed by atoms with Crippen LogP contribution < -0.4 is 4.72 Å². The molecule has 7 nitrogen and oxygen atoms in total. The topological polar surface area (TPSA) is 92.5 Å². The lowest BCUT2D eigenvalue weighted by molar-refractivity contribution is -0.384. The highest BCUT2D eigenvalue weighted by molar-refractivity contribution is 7.90. The molecule has 0 saturated heterocycles. The summed E-state index contributed by atoms with van der Waals surface area (Å²) in [4.78, 5) is 10.1. The van der Waals surface area contributed by atoms with Gasteiger partial charge in [0.05, 0.1) is 10.6 Å². The molecule has 0 unspecified atom stereocenters. The standard InChI is InChI=1S/C15H15N3O4S/c19-18(20)15-7-5-14(6-8-15)16-23(21,22)17-10-9-12-3-1-2-4-13(12)11-17/h1-8,16H,9-11H2. The summed E-state index contributed by atoms with van der Waals surface area (Å²) in [6.45, 7) is 0.720. The van der Waals surface area contributed by atoms with Crippen LogP contribution in [0.4, 0.5) is 11.4 Å². The van der Waals surface area contributed by atoms with Crippen molar-refractivity contribution in [2.45, 2.75) is 13.0 Å². The van der Waals surface area contributed by atoms with Gasteiger partial charge in [-0.15, -0.1) is 0 Å². The third-order valence-electron chi connectivity index (χ3n) is 3.76. The van der Waals surface area contributed by atoms with Crippen molar-refractivity contribution >= 4 is 21.6 Å². The minimum atomic E-state index is -3.70. The average Bonchev–Trinajstić information content (AvgIpc) is 2.54. The van der Waals surface area contributed by atoms with Crippen LogP contribution in [0.3, 0.4) is 0 Å². The predicted molar refractivity (Wildman–Crippen MR) is 86.2 cm³/mol. The van der Waals surface area contributed by atoms with Gasteiger partial charge in [0.15, 0.2) is 0 Å². The third kappa shape index (κ3) is 3.33. The van der Waals surface area contributed by atoms with Crippen molar-refractivity contribution in [2.75, 3.05) is 11.3 Å². The second-order valence-electron chi connectivity index (χ2n) is 5.26. The SMILES string of the molecule is O=[N+]([O-])c1ccc(NS(=O)(=O)N2CCc3ccccc3C2)cc1. The minimum absolute atomic E-state index is 0.0835. The van der Waals surface area contributed by atoms with Gasteiger partial charge in [-0.25, -0.2) is 0 Å². The normalized spacial score (nSPS) is 15.0. The number of hydrogen-bond acceptors (Lipinski definition) is 4. The molecular formula is C15H15N3O4S. The van der Waals surface area contributed by atoms with Crippen molar-refractivity contribution in [3.05, 3.63) is 69.8 Å². The lowest BCUT2D eigenvalue weighted by Crippen LogP contribution is -2.39. The Bertz CT molecular complexity index is 834. The van der Waals surface area contributed by atoms with Crippen molar-refractivity contribution in [1.82, 2.24) is 4.31 Å². The summed E-state index contributed by atoms with van der Waals surface area (Å²) in [5, 5.41) is 10.6. The molecule has 1 heterocycles. The molecule has 2 aromatic rings. The van der Waals surface area contributed by atoms with Crippen molar-refractivity contribution in [3.8, 4) is 0 Å². The summed E-state index contributed by atoms with van der Waals surface area (Å²) in [6.07, 6.45) is 0.664. The number of nitrogens with zero attached hydrogens (tertiary/aromatic N) is 2. The van der Waals surface area contributed by atoms with Gasteiger partial charge in [0, 0.05) is 25.2 Å². The fourth-order valence-electron chi connectivity index (χ4n) is 2.54. The second kappa shape index (κ2) is 5.98. The molecule has 0 atom stereocenters. The average molecular weight is 333 g/mol. The van der Waals surface area contributed by atoms with Crippen LogP contribution in [0.1, 0.15) is 11.1 Å².